The Morgan fingerprint density at radius 3 is 2.29 bits per heavy atom. The van der Waals surface area contributed by atoms with Crippen molar-refractivity contribution < 1.29 is 28.3 Å². The average Bonchev–Trinajstić information content (AvgIpc) is 2.94. The summed E-state index contributed by atoms with van der Waals surface area (Å²) in [6, 6.07) is 4.34. The molecule has 0 saturated carbocycles. The second kappa shape index (κ2) is 8.87. The molecule has 1 atom stereocenters. The van der Waals surface area contributed by atoms with Crippen molar-refractivity contribution in [3.8, 4) is 11.6 Å². The van der Waals surface area contributed by atoms with Crippen LogP contribution in [-0.4, -0.2) is 46.7 Å². The quantitative estimate of drug-likeness (QED) is 0.360. The van der Waals surface area contributed by atoms with Gasteiger partial charge in [0.05, 0.1) is 22.9 Å². The molecule has 12 heteroatoms. The van der Waals surface area contributed by atoms with Gasteiger partial charge in [-0.05, 0) is 30.0 Å². The highest BCUT2D eigenvalue weighted by Gasteiger charge is 2.38. The predicted molar refractivity (Wildman–Crippen MR) is 140 cm³/mol. The van der Waals surface area contributed by atoms with E-state index in [1.165, 1.54) is 18.2 Å². The van der Waals surface area contributed by atoms with E-state index in [1.54, 1.807) is 4.57 Å². The van der Waals surface area contributed by atoms with Crippen molar-refractivity contribution in [1.29, 1.82) is 0 Å². The molecule has 0 radical (unpaired) electrons. The van der Waals surface area contributed by atoms with Gasteiger partial charge >= 0.3 is 0 Å². The number of nitrogens with one attached hydrogen (secondary N) is 2. The minimum atomic E-state index is -3.81. The molecule has 0 saturated heterocycles. The van der Waals surface area contributed by atoms with Crippen molar-refractivity contribution >= 4 is 39.8 Å². The number of aromatic nitrogens is 1. The third-order valence-electron chi connectivity index (χ3n) is 5.63. The van der Waals surface area contributed by atoms with Gasteiger partial charge in [-0.2, -0.15) is 0 Å². The highest BCUT2D eigenvalue weighted by molar-refractivity contribution is 7.92. The second-order valence-corrected chi connectivity index (χ2v) is 15.2. The highest BCUT2D eigenvalue weighted by atomic mass is 32.2. The van der Waals surface area contributed by atoms with Crippen molar-refractivity contribution in [1.82, 2.24) is 4.57 Å². The predicted octanol–water partition coefficient (Wildman–Crippen LogP) is 3.73. The van der Waals surface area contributed by atoms with Crippen LogP contribution < -0.4 is 15.3 Å². The second-order valence-electron chi connectivity index (χ2n) is 11.1. The fraction of sp³-hybridized carbons (Fsp3) is 0.522. The molecule has 3 rings (SSSR count). The van der Waals surface area contributed by atoms with Crippen LogP contribution in [0.15, 0.2) is 23.0 Å². The molecule has 1 aliphatic heterocycles. The van der Waals surface area contributed by atoms with Crippen molar-refractivity contribution in [2.45, 2.75) is 59.9 Å². The number of hydrogen-bond donors (Lipinski definition) is 5. The zero-order valence-electron chi connectivity index (χ0n) is 21.2. The van der Waals surface area contributed by atoms with Crippen LogP contribution in [0.2, 0.25) is 0 Å². The maximum atomic E-state index is 13.7. The van der Waals surface area contributed by atoms with Gasteiger partial charge in [0.25, 0.3) is 0 Å². The lowest BCUT2D eigenvalue weighted by Gasteiger charge is -2.25. The van der Waals surface area contributed by atoms with Crippen LogP contribution in [0.25, 0.3) is 0 Å². The molecule has 0 spiro atoms. The molecule has 0 aliphatic carbocycles. The number of benzene rings is 1. The third-order valence-corrected chi connectivity index (χ3v) is 8.26. The molecule has 2 heterocycles. The van der Waals surface area contributed by atoms with Gasteiger partial charge in [-0.25, -0.2) is 13.2 Å². The number of aromatic hydroxyl groups is 2. The number of fused-ring (bicyclic) bond motifs is 1. The van der Waals surface area contributed by atoms with E-state index in [0.29, 0.717) is 17.9 Å². The first-order valence-electron chi connectivity index (χ1n) is 11.2. The fourth-order valence-electron chi connectivity index (χ4n) is 4.03. The zero-order chi connectivity index (χ0) is 26.6. The first-order valence-corrected chi connectivity index (χ1v) is 14.9. The molecule has 2 aromatic rings. The molecule has 0 fully saturated rings. The smallest absolute Gasteiger partial charge is 0.247 e. The van der Waals surface area contributed by atoms with Crippen LogP contribution in [-0.2, 0) is 26.5 Å². The normalized spacial score (nSPS) is 18.6. The summed E-state index contributed by atoms with van der Waals surface area (Å²) in [5, 5.41) is 35.6. The van der Waals surface area contributed by atoms with Crippen LogP contribution >= 0.6 is 7.29 Å². The van der Waals surface area contributed by atoms with Gasteiger partial charge in [-0.15, -0.1) is 0 Å². The number of anilines is 2. The molecule has 1 aromatic heterocycles. The van der Waals surface area contributed by atoms with E-state index in [0.717, 1.165) is 12.7 Å². The minimum Gasteiger partial charge on any atom is -0.505 e. The minimum absolute atomic E-state index is 0.00139. The van der Waals surface area contributed by atoms with Crippen molar-refractivity contribution in [2.75, 3.05) is 22.6 Å². The Balaban J connectivity index is 2.17. The molecule has 0 amide bonds. The van der Waals surface area contributed by atoms with E-state index in [1.807, 2.05) is 20.8 Å². The Hall–Kier alpha value is -2.49. The van der Waals surface area contributed by atoms with Crippen molar-refractivity contribution in [3.05, 3.63) is 29.5 Å². The van der Waals surface area contributed by atoms with Crippen LogP contribution in [0.4, 0.5) is 11.4 Å². The van der Waals surface area contributed by atoms with E-state index in [4.69, 9.17) is 0 Å². The van der Waals surface area contributed by atoms with Gasteiger partial charge in [0.1, 0.15) is 17.7 Å². The molecule has 10 nitrogen and oxygen atoms in total. The summed E-state index contributed by atoms with van der Waals surface area (Å²) in [5.41, 5.74) is 0.459. The Labute approximate surface area is 206 Å². The topological polar surface area (TPSA) is 153 Å². The maximum absolute atomic E-state index is 13.7. The van der Waals surface area contributed by atoms with Crippen LogP contribution in [0.1, 0.15) is 59.2 Å². The lowest BCUT2D eigenvalue weighted by Crippen LogP contribution is -2.26. The van der Waals surface area contributed by atoms with Gasteiger partial charge in [0.15, 0.2) is 5.75 Å². The van der Waals surface area contributed by atoms with Crippen molar-refractivity contribution in [2.24, 2.45) is 10.2 Å². The van der Waals surface area contributed by atoms with E-state index < -0.39 is 29.1 Å². The number of rotatable bonds is 6. The lowest BCUT2D eigenvalue weighted by atomic mass is 9.89. The molecule has 0 bridgehead atoms. The van der Waals surface area contributed by atoms with Gasteiger partial charge in [-0.3, -0.25) is 9.29 Å². The number of aliphatic hydroxyl groups is 1. The lowest BCUT2D eigenvalue weighted by molar-refractivity contribution is 0.319. The summed E-state index contributed by atoms with van der Waals surface area (Å²) in [4.78, 5) is 0. The zero-order valence-corrected chi connectivity index (χ0v) is 22.9. The molecule has 1 unspecified atom stereocenters. The van der Waals surface area contributed by atoms with E-state index >= 15 is 0 Å². The number of aliphatic hydroxyl groups excluding tert-OH is 1. The van der Waals surface area contributed by atoms with Crippen molar-refractivity contribution in [3.63, 3.8) is 0 Å². The van der Waals surface area contributed by atoms with E-state index in [-0.39, 0.29) is 39.4 Å². The molecular weight excluding hydrogens is 491 g/mol. The number of nitrogens with zero attached hydrogens (tertiary/aromatic N) is 2. The van der Waals surface area contributed by atoms with Gasteiger partial charge in [0.2, 0.25) is 23.2 Å². The summed E-state index contributed by atoms with van der Waals surface area (Å²) < 4.78 is 45.1. The molecule has 1 aromatic carbocycles. The number of sulfonamides is 1. The molecule has 1 aliphatic rings. The fourth-order valence-corrected chi connectivity index (χ4v) is 6.23. The van der Waals surface area contributed by atoms with Gasteiger partial charge in [-0.1, -0.05) is 41.5 Å². The van der Waals surface area contributed by atoms with Gasteiger partial charge in [0, 0.05) is 17.6 Å². The molecule has 194 valence electrons. The molecule has 5 N–H and O–H groups in total. The largest absolute Gasteiger partial charge is 0.505 e. The van der Waals surface area contributed by atoms with E-state index in [2.05, 4.69) is 35.6 Å². The summed E-state index contributed by atoms with van der Waals surface area (Å²) in [6.45, 7) is 12.4. The maximum Gasteiger partial charge on any atom is 0.247 e. The van der Waals surface area contributed by atoms with Gasteiger partial charge < -0.3 is 25.2 Å². The first-order chi connectivity index (χ1) is 15.9. The standard InChI is InChI=1S/C23H35N4O6PS/c1-22(2,3)10-11-27-19(23(4,5)6)18(29)17(21(27)30)20-24-15-9-8-14(26-35(7,32)33)12-16(15)34(31,13-28)25-20/h8-9,12,26,28-30H,10-11,13H2,1-7H3,(H,24,25,31). The van der Waals surface area contributed by atoms with Crippen LogP contribution in [0.3, 0.4) is 0 Å². The summed E-state index contributed by atoms with van der Waals surface area (Å²) in [5.74, 6) is -0.432. The van der Waals surface area contributed by atoms with E-state index in [9.17, 15) is 28.3 Å². The van der Waals surface area contributed by atoms with Crippen LogP contribution in [0, 0.1) is 5.41 Å². The Morgan fingerprint density at radius 2 is 1.77 bits per heavy atom. The molecular formula is C23H35N4O6PS. The average molecular weight is 527 g/mol. The monoisotopic (exact) mass is 526 g/mol. The first kappa shape index (κ1) is 27.1. The Bertz CT molecular complexity index is 1330. The summed E-state index contributed by atoms with van der Waals surface area (Å²) in [7, 11) is -7.38. The summed E-state index contributed by atoms with van der Waals surface area (Å²) in [6.07, 6.45) is 0.909. The number of hydrogen-bond acceptors (Lipinski definition) is 7. The van der Waals surface area contributed by atoms with Crippen LogP contribution in [0.5, 0.6) is 11.6 Å². The number of amidine groups is 1. The Morgan fingerprint density at radius 1 is 1.14 bits per heavy atom. The Kier molecular flexibility index (Phi) is 6.87. The molecule has 35 heavy (non-hydrogen) atoms. The SMILES string of the molecule is CC(C)(C)CCn1c(O)c(C2=NP(=O)(CO)c3cc(NS(C)(=O)=O)ccc3N2)c(O)c1C(C)(C)C. The summed E-state index contributed by atoms with van der Waals surface area (Å²) >= 11 is 0. The third kappa shape index (κ3) is 5.68. The highest BCUT2D eigenvalue weighted by Crippen LogP contribution is 2.52.